The molecule has 1 fully saturated rings. The minimum atomic E-state index is -3.41. The highest BCUT2D eigenvalue weighted by atomic mass is 79.9. The first kappa shape index (κ1) is 14.0. The third-order valence-electron chi connectivity index (χ3n) is 3.48. The Morgan fingerprint density at radius 3 is 2.56 bits per heavy atom. The lowest BCUT2D eigenvalue weighted by atomic mass is 9.94. The van der Waals surface area contributed by atoms with Gasteiger partial charge < -0.3 is 5.73 Å². The molecule has 0 spiro atoms. The molecule has 0 aromatic heterocycles. The summed E-state index contributed by atoms with van der Waals surface area (Å²) >= 11 is 3.32. The van der Waals surface area contributed by atoms with Crippen molar-refractivity contribution in [3.05, 3.63) is 28.2 Å². The van der Waals surface area contributed by atoms with Gasteiger partial charge in [-0.25, -0.2) is 8.42 Å². The highest BCUT2D eigenvalue weighted by Crippen LogP contribution is 2.31. The molecule has 1 aromatic carbocycles. The van der Waals surface area contributed by atoms with E-state index in [1.807, 2.05) is 0 Å². The first-order chi connectivity index (χ1) is 8.46. The van der Waals surface area contributed by atoms with Crippen molar-refractivity contribution in [2.75, 3.05) is 7.05 Å². The smallest absolute Gasteiger partial charge is 0.244 e. The van der Waals surface area contributed by atoms with Gasteiger partial charge in [0.25, 0.3) is 0 Å². The van der Waals surface area contributed by atoms with Crippen molar-refractivity contribution < 1.29 is 8.42 Å². The molecule has 2 N–H and O–H groups in total. The van der Waals surface area contributed by atoms with Crippen molar-refractivity contribution in [1.82, 2.24) is 4.31 Å². The molecule has 1 saturated carbocycles. The number of nitrogens with two attached hydrogens (primary N) is 1. The van der Waals surface area contributed by atoms with Crippen molar-refractivity contribution in [3.8, 4) is 0 Å². The number of benzene rings is 1. The lowest BCUT2D eigenvalue weighted by Gasteiger charge is -2.34. The number of hydrogen-bond acceptors (Lipinski definition) is 3. The van der Waals surface area contributed by atoms with Gasteiger partial charge in [-0.3, -0.25) is 0 Å². The molecule has 6 heteroatoms. The van der Waals surface area contributed by atoms with Crippen LogP contribution in [0, 0.1) is 0 Å². The molecule has 1 aromatic rings. The summed E-state index contributed by atoms with van der Waals surface area (Å²) in [6.45, 7) is 0.400. The molecule has 18 heavy (non-hydrogen) atoms. The first-order valence-corrected chi connectivity index (χ1v) is 8.16. The van der Waals surface area contributed by atoms with E-state index in [9.17, 15) is 8.42 Å². The van der Waals surface area contributed by atoms with Gasteiger partial charge in [0.1, 0.15) is 0 Å². The van der Waals surface area contributed by atoms with Crippen LogP contribution in [0.15, 0.2) is 27.6 Å². The molecule has 1 aliphatic rings. The summed E-state index contributed by atoms with van der Waals surface area (Å²) in [7, 11) is -1.75. The molecule has 0 saturated heterocycles. The van der Waals surface area contributed by atoms with Crippen LogP contribution in [0.25, 0.3) is 0 Å². The molecule has 2 rings (SSSR count). The summed E-state index contributed by atoms with van der Waals surface area (Å²) in [5.41, 5.74) is 6.45. The number of hydrogen-bond donors (Lipinski definition) is 1. The maximum atomic E-state index is 12.5. The van der Waals surface area contributed by atoms with Crippen LogP contribution in [0.2, 0.25) is 0 Å². The molecular formula is C12H17BrN2O2S. The van der Waals surface area contributed by atoms with Gasteiger partial charge in [0.15, 0.2) is 0 Å². The van der Waals surface area contributed by atoms with E-state index in [-0.39, 0.29) is 6.04 Å². The molecule has 0 unspecified atom stereocenters. The van der Waals surface area contributed by atoms with Gasteiger partial charge in [-0.2, -0.15) is 4.31 Å². The Balaban J connectivity index is 2.34. The molecule has 100 valence electrons. The van der Waals surface area contributed by atoms with Crippen LogP contribution in [0.1, 0.15) is 24.8 Å². The van der Waals surface area contributed by atoms with Gasteiger partial charge in [-0.05, 0) is 46.5 Å². The van der Waals surface area contributed by atoms with Gasteiger partial charge in [0, 0.05) is 24.1 Å². The van der Waals surface area contributed by atoms with Crippen LogP contribution in [0.5, 0.6) is 0 Å². The summed E-state index contributed by atoms with van der Waals surface area (Å²) in [4.78, 5) is 0.314. The average Bonchev–Trinajstić information content (AvgIpc) is 2.26. The summed E-state index contributed by atoms with van der Waals surface area (Å²) in [5, 5.41) is 0. The van der Waals surface area contributed by atoms with Crippen molar-refractivity contribution >= 4 is 26.0 Å². The number of sulfonamides is 1. The van der Waals surface area contributed by atoms with Gasteiger partial charge in [0.05, 0.1) is 4.90 Å². The maximum Gasteiger partial charge on any atom is 0.244 e. The lowest BCUT2D eigenvalue weighted by Crippen LogP contribution is -2.41. The molecule has 0 amide bonds. The SMILES string of the molecule is CN(C1CCC1)S(=O)(=O)c1ccc(CN)cc1Br. The third kappa shape index (κ3) is 2.47. The highest BCUT2D eigenvalue weighted by Gasteiger charge is 2.32. The Morgan fingerprint density at radius 1 is 1.44 bits per heavy atom. The second-order valence-corrected chi connectivity index (χ2v) is 7.40. The normalized spacial score (nSPS) is 16.9. The second kappa shape index (κ2) is 5.28. The van der Waals surface area contributed by atoms with E-state index in [1.165, 1.54) is 4.31 Å². The summed E-state index contributed by atoms with van der Waals surface area (Å²) in [6, 6.07) is 5.29. The molecule has 4 nitrogen and oxygen atoms in total. The largest absolute Gasteiger partial charge is 0.326 e. The van der Waals surface area contributed by atoms with E-state index in [0.29, 0.717) is 15.9 Å². The van der Waals surface area contributed by atoms with E-state index >= 15 is 0 Å². The van der Waals surface area contributed by atoms with E-state index in [0.717, 1.165) is 24.8 Å². The Morgan fingerprint density at radius 2 is 2.11 bits per heavy atom. The molecule has 0 atom stereocenters. The van der Waals surface area contributed by atoms with Crippen LogP contribution in [0.4, 0.5) is 0 Å². The molecular weight excluding hydrogens is 316 g/mol. The van der Waals surface area contributed by atoms with E-state index in [1.54, 1.807) is 25.2 Å². The predicted molar refractivity (Wildman–Crippen MR) is 74.6 cm³/mol. The number of rotatable bonds is 4. The molecule has 1 aliphatic carbocycles. The molecule has 0 bridgehead atoms. The third-order valence-corrected chi connectivity index (χ3v) is 6.36. The minimum Gasteiger partial charge on any atom is -0.326 e. The molecule has 0 heterocycles. The minimum absolute atomic E-state index is 0.149. The van der Waals surface area contributed by atoms with E-state index < -0.39 is 10.0 Å². The lowest BCUT2D eigenvalue weighted by molar-refractivity contribution is 0.249. The summed E-state index contributed by atoms with van der Waals surface area (Å²) < 4.78 is 27.0. The van der Waals surface area contributed by atoms with Gasteiger partial charge in [-0.1, -0.05) is 12.5 Å². The zero-order chi connectivity index (χ0) is 13.3. The molecule has 0 radical (unpaired) electrons. The Hall–Kier alpha value is -0.430. The number of nitrogens with zero attached hydrogens (tertiary/aromatic N) is 1. The highest BCUT2D eigenvalue weighted by molar-refractivity contribution is 9.10. The van der Waals surface area contributed by atoms with Crippen LogP contribution >= 0.6 is 15.9 Å². The van der Waals surface area contributed by atoms with Gasteiger partial charge >= 0.3 is 0 Å². The van der Waals surface area contributed by atoms with E-state index in [2.05, 4.69) is 15.9 Å². The Bertz CT molecular complexity index is 541. The zero-order valence-electron chi connectivity index (χ0n) is 10.3. The monoisotopic (exact) mass is 332 g/mol. The van der Waals surface area contributed by atoms with Crippen LogP contribution < -0.4 is 5.73 Å². The van der Waals surface area contributed by atoms with Crippen LogP contribution in [-0.4, -0.2) is 25.8 Å². The van der Waals surface area contributed by atoms with Crippen molar-refractivity contribution in [1.29, 1.82) is 0 Å². The van der Waals surface area contributed by atoms with Crippen LogP contribution in [0.3, 0.4) is 0 Å². The van der Waals surface area contributed by atoms with Crippen molar-refractivity contribution in [2.45, 2.75) is 36.7 Å². The quantitative estimate of drug-likeness (QED) is 0.918. The maximum absolute atomic E-state index is 12.5. The Kier molecular flexibility index (Phi) is 4.11. The van der Waals surface area contributed by atoms with Crippen molar-refractivity contribution in [3.63, 3.8) is 0 Å². The zero-order valence-corrected chi connectivity index (χ0v) is 12.7. The number of halogens is 1. The first-order valence-electron chi connectivity index (χ1n) is 5.93. The predicted octanol–water partition coefficient (Wildman–Crippen LogP) is 2.08. The summed E-state index contributed by atoms with van der Waals surface area (Å²) in [6.07, 6.45) is 3.01. The fourth-order valence-corrected chi connectivity index (χ4v) is 4.48. The standard InChI is InChI=1S/C12H17BrN2O2S/c1-15(10-3-2-4-10)18(16,17)12-6-5-9(8-14)7-11(12)13/h5-7,10H,2-4,8,14H2,1H3. The van der Waals surface area contributed by atoms with Gasteiger partial charge in [0.2, 0.25) is 10.0 Å². The fourth-order valence-electron chi connectivity index (χ4n) is 1.98. The molecule has 0 aliphatic heterocycles. The van der Waals surface area contributed by atoms with Crippen molar-refractivity contribution in [2.24, 2.45) is 5.73 Å². The fraction of sp³-hybridized carbons (Fsp3) is 0.500. The van der Waals surface area contributed by atoms with E-state index in [4.69, 9.17) is 5.73 Å². The topological polar surface area (TPSA) is 63.4 Å². The van der Waals surface area contributed by atoms with Crippen LogP contribution in [-0.2, 0) is 16.6 Å². The summed E-state index contributed by atoms with van der Waals surface area (Å²) in [5.74, 6) is 0. The second-order valence-electron chi connectivity index (χ2n) is 4.57. The average molecular weight is 333 g/mol. The van der Waals surface area contributed by atoms with Gasteiger partial charge in [-0.15, -0.1) is 0 Å². The Labute approximate surface area is 116 Å².